The lowest BCUT2D eigenvalue weighted by molar-refractivity contribution is -0.118. The van der Waals surface area contributed by atoms with E-state index in [4.69, 9.17) is 4.74 Å². The fraction of sp³-hybridized carbons (Fsp3) is 0.158. The van der Waals surface area contributed by atoms with Gasteiger partial charge in [0.1, 0.15) is 11.6 Å². The van der Waals surface area contributed by atoms with E-state index in [2.05, 4.69) is 10.4 Å². The molecule has 0 aliphatic carbocycles. The van der Waals surface area contributed by atoms with E-state index in [1.165, 1.54) is 12.1 Å². The zero-order valence-electron chi connectivity index (χ0n) is 13.6. The molecule has 4 rings (SSSR count). The minimum Gasteiger partial charge on any atom is -0.482 e. The minimum atomic E-state index is -0.276. The van der Waals surface area contributed by atoms with Crippen LogP contribution in [0.1, 0.15) is 6.92 Å². The van der Waals surface area contributed by atoms with Gasteiger partial charge in [0.15, 0.2) is 6.61 Å². The number of hydrogen-bond acceptors (Lipinski definition) is 3. The summed E-state index contributed by atoms with van der Waals surface area (Å²) >= 11 is 0. The molecule has 5 nitrogen and oxygen atoms in total. The molecule has 1 N–H and O–H groups in total. The Bertz CT molecular complexity index is 948. The smallest absolute Gasteiger partial charge is 0.262 e. The van der Waals surface area contributed by atoms with E-state index in [1.54, 1.807) is 18.3 Å². The van der Waals surface area contributed by atoms with Crippen LogP contribution in [-0.4, -0.2) is 22.3 Å². The van der Waals surface area contributed by atoms with Crippen LogP contribution < -0.4 is 10.1 Å². The number of benzene rings is 2. The molecule has 1 amide bonds. The molecule has 1 aliphatic rings. The number of ether oxygens (including phenoxy) is 1. The van der Waals surface area contributed by atoms with E-state index in [1.807, 2.05) is 29.8 Å². The predicted molar refractivity (Wildman–Crippen MR) is 92.9 cm³/mol. The zero-order valence-corrected chi connectivity index (χ0v) is 13.6. The number of hydrogen-bond donors (Lipinski definition) is 1. The van der Waals surface area contributed by atoms with Gasteiger partial charge >= 0.3 is 0 Å². The molecule has 0 fully saturated rings. The Morgan fingerprint density at radius 1 is 1.20 bits per heavy atom. The number of nitrogens with zero attached hydrogens (tertiary/aromatic N) is 2. The number of anilines is 1. The Hall–Kier alpha value is -3.15. The fourth-order valence-corrected chi connectivity index (χ4v) is 3.00. The molecule has 0 saturated carbocycles. The second kappa shape index (κ2) is 6.05. The zero-order chi connectivity index (χ0) is 17.4. The van der Waals surface area contributed by atoms with Crippen LogP contribution in [0.5, 0.6) is 5.75 Å². The van der Waals surface area contributed by atoms with Gasteiger partial charge in [-0.25, -0.2) is 4.39 Å². The van der Waals surface area contributed by atoms with Crippen LogP contribution in [-0.2, 0) is 11.3 Å². The maximum atomic E-state index is 13.3. The molecule has 3 aromatic rings. The SMILES string of the molecule is CCn1ncc(-c2ccc3c(c2)NC(=O)CO3)c1-c1ccc(F)cc1. The van der Waals surface area contributed by atoms with E-state index in [0.29, 0.717) is 18.0 Å². The molecule has 25 heavy (non-hydrogen) atoms. The van der Waals surface area contributed by atoms with Crippen LogP contribution >= 0.6 is 0 Å². The van der Waals surface area contributed by atoms with Gasteiger partial charge in [0.25, 0.3) is 5.91 Å². The van der Waals surface area contributed by atoms with E-state index >= 15 is 0 Å². The monoisotopic (exact) mass is 337 g/mol. The van der Waals surface area contributed by atoms with Crippen molar-refractivity contribution in [1.29, 1.82) is 0 Å². The van der Waals surface area contributed by atoms with Crippen molar-refractivity contribution in [3.63, 3.8) is 0 Å². The van der Waals surface area contributed by atoms with Crippen molar-refractivity contribution in [3.05, 3.63) is 54.5 Å². The predicted octanol–water partition coefficient (Wildman–Crippen LogP) is 3.71. The first-order chi connectivity index (χ1) is 12.2. The number of halogens is 1. The van der Waals surface area contributed by atoms with Gasteiger partial charge in [-0.15, -0.1) is 0 Å². The fourth-order valence-electron chi connectivity index (χ4n) is 3.00. The Morgan fingerprint density at radius 2 is 1.96 bits per heavy atom. The van der Waals surface area contributed by atoms with Crippen LogP contribution in [0, 0.1) is 5.82 Å². The number of aryl methyl sites for hydroxylation is 1. The van der Waals surface area contributed by atoms with Crippen LogP contribution in [0.2, 0.25) is 0 Å². The van der Waals surface area contributed by atoms with Crippen LogP contribution in [0.15, 0.2) is 48.7 Å². The summed E-state index contributed by atoms with van der Waals surface area (Å²) in [7, 11) is 0. The molecule has 0 saturated heterocycles. The molecular formula is C19H16FN3O2. The van der Waals surface area contributed by atoms with E-state index < -0.39 is 0 Å². The highest BCUT2D eigenvalue weighted by Gasteiger charge is 2.19. The summed E-state index contributed by atoms with van der Waals surface area (Å²) in [4.78, 5) is 11.6. The number of fused-ring (bicyclic) bond motifs is 1. The van der Waals surface area contributed by atoms with Gasteiger partial charge in [-0.1, -0.05) is 6.07 Å². The van der Waals surface area contributed by atoms with Gasteiger partial charge < -0.3 is 10.1 Å². The quantitative estimate of drug-likeness (QED) is 0.793. The van der Waals surface area contributed by atoms with Crippen molar-refractivity contribution in [2.24, 2.45) is 0 Å². The average Bonchev–Trinajstić information content (AvgIpc) is 3.05. The van der Waals surface area contributed by atoms with Crippen molar-refractivity contribution < 1.29 is 13.9 Å². The highest BCUT2D eigenvalue weighted by molar-refractivity contribution is 5.96. The molecule has 0 bridgehead atoms. The lowest BCUT2D eigenvalue weighted by atomic mass is 10.0. The lowest BCUT2D eigenvalue weighted by Crippen LogP contribution is -2.25. The van der Waals surface area contributed by atoms with Gasteiger partial charge in [0.2, 0.25) is 0 Å². The van der Waals surface area contributed by atoms with Crippen molar-refractivity contribution in [3.8, 4) is 28.1 Å². The average molecular weight is 337 g/mol. The second-order valence-corrected chi connectivity index (χ2v) is 5.78. The molecule has 0 unspecified atom stereocenters. The van der Waals surface area contributed by atoms with Gasteiger partial charge in [0.05, 0.1) is 17.6 Å². The maximum absolute atomic E-state index is 13.3. The van der Waals surface area contributed by atoms with E-state index in [-0.39, 0.29) is 18.3 Å². The molecule has 2 heterocycles. The summed E-state index contributed by atoms with van der Waals surface area (Å²) in [5.74, 6) is 0.198. The van der Waals surface area contributed by atoms with Gasteiger partial charge in [-0.05, 0) is 48.9 Å². The summed E-state index contributed by atoms with van der Waals surface area (Å²) < 4.78 is 20.6. The van der Waals surface area contributed by atoms with E-state index in [0.717, 1.165) is 22.4 Å². The molecule has 126 valence electrons. The second-order valence-electron chi connectivity index (χ2n) is 5.78. The molecule has 0 atom stereocenters. The standard InChI is InChI=1S/C19H16FN3O2/c1-2-23-19(12-3-6-14(20)7-4-12)15(10-21-23)13-5-8-17-16(9-13)22-18(24)11-25-17/h3-10H,2,11H2,1H3,(H,22,24). The van der Waals surface area contributed by atoms with E-state index in [9.17, 15) is 9.18 Å². The van der Waals surface area contributed by atoms with Crippen LogP contribution in [0.25, 0.3) is 22.4 Å². The van der Waals surface area contributed by atoms with Gasteiger partial charge in [-0.3, -0.25) is 9.48 Å². The van der Waals surface area contributed by atoms with Crippen molar-refractivity contribution >= 4 is 11.6 Å². The number of carbonyl (C=O) groups excluding carboxylic acids is 1. The molecule has 1 aliphatic heterocycles. The highest BCUT2D eigenvalue weighted by atomic mass is 19.1. The first-order valence-corrected chi connectivity index (χ1v) is 8.04. The Morgan fingerprint density at radius 3 is 2.72 bits per heavy atom. The Labute approximate surface area is 144 Å². The maximum Gasteiger partial charge on any atom is 0.262 e. The number of aromatic nitrogens is 2. The third-order valence-corrected chi connectivity index (χ3v) is 4.18. The Kier molecular flexibility index (Phi) is 3.72. The Balaban J connectivity index is 1.84. The van der Waals surface area contributed by atoms with Crippen molar-refractivity contribution in [2.45, 2.75) is 13.5 Å². The first-order valence-electron chi connectivity index (χ1n) is 8.04. The number of carbonyl (C=O) groups is 1. The number of rotatable bonds is 3. The summed E-state index contributed by atoms with van der Waals surface area (Å²) in [6.45, 7) is 2.73. The summed E-state index contributed by atoms with van der Waals surface area (Å²) in [5, 5.41) is 7.26. The molecule has 2 aromatic carbocycles. The number of amides is 1. The van der Waals surface area contributed by atoms with Crippen molar-refractivity contribution in [2.75, 3.05) is 11.9 Å². The molecule has 6 heteroatoms. The molecule has 0 spiro atoms. The van der Waals surface area contributed by atoms with Crippen LogP contribution in [0.3, 0.4) is 0 Å². The third-order valence-electron chi connectivity index (χ3n) is 4.18. The van der Waals surface area contributed by atoms with Crippen LogP contribution in [0.4, 0.5) is 10.1 Å². The van der Waals surface area contributed by atoms with Gasteiger partial charge in [0, 0.05) is 17.7 Å². The minimum absolute atomic E-state index is 0.0287. The lowest BCUT2D eigenvalue weighted by Gasteiger charge is -2.18. The largest absolute Gasteiger partial charge is 0.482 e. The summed E-state index contributed by atoms with van der Waals surface area (Å²) in [6.07, 6.45) is 1.79. The summed E-state index contributed by atoms with van der Waals surface area (Å²) in [6, 6.07) is 12.0. The molecular weight excluding hydrogens is 321 g/mol. The highest BCUT2D eigenvalue weighted by Crippen LogP contribution is 2.37. The first kappa shape index (κ1) is 15.4. The van der Waals surface area contributed by atoms with Crippen molar-refractivity contribution in [1.82, 2.24) is 9.78 Å². The number of nitrogens with one attached hydrogen (secondary N) is 1. The third kappa shape index (κ3) is 2.76. The topological polar surface area (TPSA) is 56.2 Å². The molecule has 1 aromatic heterocycles. The molecule has 0 radical (unpaired) electrons. The summed E-state index contributed by atoms with van der Waals surface area (Å²) in [5.41, 5.74) is 4.25. The normalized spacial score (nSPS) is 13.1. The van der Waals surface area contributed by atoms with Gasteiger partial charge in [-0.2, -0.15) is 5.10 Å².